The third kappa shape index (κ3) is 3.90. The Hall–Kier alpha value is -0.200. The number of hydrogen-bond donors (Lipinski definition) is 1. The van der Waals surface area contributed by atoms with E-state index >= 15 is 0 Å². The number of aliphatic hydroxyl groups is 1. The maximum absolute atomic E-state index is 10.3. The lowest BCUT2D eigenvalue weighted by molar-refractivity contribution is 0.172. The summed E-state index contributed by atoms with van der Waals surface area (Å²) < 4.78 is 1.93. The average molecular weight is 287 g/mol. The van der Waals surface area contributed by atoms with Gasteiger partial charge < -0.3 is 5.11 Å². The Morgan fingerprint density at radius 3 is 3.00 bits per heavy atom. The second-order valence-corrected chi connectivity index (χ2v) is 7.50. The molecule has 1 aliphatic heterocycles. The molecule has 1 saturated heterocycles. The van der Waals surface area contributed by atoms with Crippen LogP contribution in [-0.4, -0.2) is 48.5 Å². The molecule has 1 N–H and O–H groups in total. The van der Waals surface area contributed by atoms with Crippen molar-refractivity contribution in [3.05, 3.63) is 12.2 Å². The van der Waals surface area contributed by atoms with Crippen LogP contribution < -0.4 is 0 Å². The van der Waals surface area contributed by atoms with Gasteiger partial charge in [0, 0.05) is 35.5 Å². The molecular weight excluding hydrogens is 266 g/mol. The van der Waals surface area contributed by atoms with E-state index in [0.29, 0.717) is 17.6 Å². The van der Waals surface area contributed by atoms with Crippen LogP contribution in [0.5, 0.6) is 0 Å². The molecule has 1 aromatic rings. The summed E-state index contributed by atoms with van der Waals surface area (Å²) in [5.41, 5.74) is 0. The average Bonchev–Trinajstić information content (AvgIpc) is 2.77. The van der Waals surface area contributed by atoms with Gasteiger partial charge in [-0.05, 0) is 5.92 Å². The van der Waals surface area contributed by atoms with E-state index in [4.69, 9.17) is 0 Å². The fourth-order valence-corrected chi connectivity index (χ4v) is 4.76. The predicted octanol–water partition coefficient (Wildman–Crippen LogP) is 1.69. The lowest BCUT2D eigenvalue weighted by Gasteiger charge is -2.25. The van der Waals surface area contributed by atoms with Crippen LogP contribution in [0.2, 0.25) is 0 Å². The van der Waals surface area contributed by atoms with Gasteiger partial charge in [0.05, 0.1) is 6.10 Å². The number of aliphatic hydroxyl groups excluding tert-OH is 1. The molecule has 0 spiro atoms. The second-order valence-electron chi connectivity index (χ2n) is 5.01. The number of thioether (sulfide) groups is 2. The van der Waals surface area contributed by atoms with Crippen LogP contribution in [0.4, 0.5) is 0 Å². The molecule has 1 fully saturated rings. The van der Waals surface area contributed by atoms with Gasteiger partial charge in [0.1, 0.15) is 12.2 Å². The first-order valence-corrected chi connectivity index (χ1v) is 8.61. The molecule has 4 nitrogen and oxygen atoms in total. The molecule has 0 bridgehead atoms. The van der Waals surface area contributed by atoms with Gasteiger partial charge in [0.15, 0.2) is 0 Å². The van der Waals surface area contributed by atoms with Crippen LogP contribution in [0.15, 0.2) is 6.33 Å². The van der Waals surface area contributed by atoms with Gasteiger partial charge in [-0.2, -0.15) is 28.6 Å². The largest absolute Gasteiger partial charge is 0.391 e. The molecule has 2 atom stereocenters. The maximum atomic E-state index is 10.3. The molecule has 0 saturated carbocycles. The molecule has 1 aliphatic rings. The van der Waals surface area contributed by atoms with Gasteiger partial charge in [-0.1, -0.05) is 13.8 Å². The topological polar surface area (TPSA) is 50.9 Å². The van der Waals surface area contributed by atoms with E-state index in [-0.39, 0.29) is 6.10 Å². The van der Waals surface area contributed by atoms with Crippen molar-refractivity contribution in [3.63, 3.8) is 0 Å². The highest BCUT2D eigenvalue weighted by Crippen LogP contribution is 2.27. The highest BCUT2D eigenvalue weighted by molar-refractivity contribution is 8.06. The van der Waals surface area contributed by atoms with Crippen molar-refractivity contribution in [1.82, 2.24) is 14.8 Å². The highest BCUT2D eigenvalue weighted by Gasteiger charge is 2.24. The van der Waals surface area contributed by atoms with Crippen LogP contribution in [0, 0.1) is 5.92 Å². The lowest BCUT2D eigenvalue weighted by atomic mass is 10.2. The molecule has 0 aliphatic carbocycles. The zero-order chi connectivity index (χ0) is 13.0. The molecule has 2 heterocycles. The molecule has 6 heteroatoms. The molecule has 0 amide bonds. The fourth-order valence-electron chi connectivity index (χ4n) is 1.99. The molecule has 18 heavy (non-hydrogen) atoms. The first-order chi connectivity index (χ1) is 8.66. The van der Waals surface area contributed by atoms with Gasteiger partial charge in [0.25, 0.3) is 0 Å². The summed E-state index contributed by atoms with van der Waals surface area (Å²) in [7, 11) is 0. The summed E-state index contributed by atoms with van der Waals surface area (Å²) in [6.45, 7) is 5.19. The molecule has 1 aromatic heterocycles. The third-order valence-corrected chi connectivity index (χ3v) is 5.80. The number of nitrogens with zero attached hydrogens (tertiary/aromatic N) is 3. The second kappa shape index (κ2) is 6.82. The highest BCUT2D eigenvalue weighted by atomic mass is 32.2. The van der Waals surface area contributed by atoms with Crippen LogP contribution >= 0.6 is 23.5 Å². The maximum Gasteiger partial charge on any atom is 0.138 e. The van der Waals surface area contributed by atoms with Gasteiger partial charge in [-0.3, -0.25) is 0 Å². The summed E-state index contributed by atoms with van der Waals surface area (Å²) in [6, 6.07) is 0. The lowest BCUT2D eigenvalue weighted by Crippen LogP contribution is -2.31. The van der Waals surface area contributed by atoms with E-state index in [0.717, 1.165) is 23.9 Å². The predicted molar refractivity (Wildman–Crippen MR) is 78.1 cm³/mol. The molecule has 2 unspecified atom stereocenters. The van der Waals surface area contributed by atoms with Crippen molar-refractivity contribution in [3.8, 4) is 0 Å². The Morgan fingerprint density at radius 2 is 2.33 bits per heavy atom. The minimum atomic E-state index is -0.307. The molecule has 2 rings (SSSR count). The van der Waals surface area contributed by atoms with Crippen molar-refractivity contribution < 1.29 is 5.11 Å². The van der Waals surface area contributed by atoms with E-state index in [2.05, 4.69) is 23.9 Å². The summed E-state index contributed by atoms with van der Waals surface area (Å²) in [5, 5.41) is 14.9. The monoisotopic (exact) mass is 287 g/mol. The van der Waals surface area contributed by atoms with Crippen LogP contribution in [0.3, 0.4) is 0 Å². The molecule has 102 valence electrons. The van der Waals surface area contributed by atoms with Gasteiger partial charge in [-0.15, -0.1) is 0 Å². The minimum absolute atomic E-state index is 0.307. The SMILES string of the molecule is CC(C)Cn1ncnc1CC(O)C1CSCCS1. The Labute approximate surface area is 117 Å². The van der Waals surface area contributed by atoms with Crippen molar-refractivity contribution in [1.29, 1.82) is 0 Å². The van der Waals surface area contributed by atoms with Crippen LogP contribution in [0.25, 0.3) is 0 Å². The minimum Gasteiger partial charge on any atom is -0.391 e. The van der Waals surface area contributed by atoms with Gasteiger partial charge in [0.2, 0.25) is 0 Å². The van der Waals surface area contributed by atoms with E-state index in [9.17, 15) is 5.11 Å². The van der Waals surface area contributed by atoms with Gasteiger partial charge in [-0.25, -0.2) is 9.67 Å². The normalized spacial score (nSPS) is 22.3. The quantitative estimate of drug-likeness (QED) is 0.893. The smallest absolute Gasteiger partial charge is 0.138 e. The van der Waals surface area contributed by atoms with Crippen molar-refractivity contribution in [2.24, 2.45) is 5.92 Å². The van der Waals surface area contributed by atoms with Crippen molar-refractivity contribution >= 4 is 23.5 Å². The zero-order valence-corrected chi connectivity index (χ0v) is 12.6. The van der Waals surface area contributed by atoms with Crippen LogP contribution in [-0.2, 0) is 13.0 Å². The number of aromatic nitrogens is 3. The van der Waals surface area contributed by atoms with Crippen molar-refractivity contribution in [2.45, 2.75) is 38.2 Å². The molecular formula is C12H21N3OS2. The summed E-state index contributed by atoms with van der Waals surface area (Å²) >= 11 is 3.82. The Balaban J connectivity index is 1.93. The van der Waals surface area contributed by atoms with E-state index in [1.54, 1.807) is 6.33 Å². The number of hydrogen-bond acceptors (Lipinski definition) is 5. The summed E-state index contributed by atoms with van der Waals surface area (Å²) in [4.78, 5) is 4.28. The van der Waals surface area contributed by atoms with E-state index < -0.39 is 0 Å². The Kier molecular flexibility index (Phi) is 5.38. The number of rotatable bonds is 5. The third-order valence-electron chi connectivity index (χ3n) is 2.90. The Morgan fingerprint density at radius 1 is 1.50 bits per heavy atom. The fraction of sp³-hybridized carbons (Fsp3) is 0.833. The molecule has 0 radical (unpaired) electrons. The summed E-state index contributed by atoms with van der Waals surface area (Å²) in [5.74, 6) is 4.85. The first-order valence-electron chi connectivity index (χ1n) is 6.41. The van der Waals surface area contributed by atoms with Crippen molar-refractivity contribution in [2.75, 3.05) is 17.3 Å². The Bertz CT molecular complexity index is 364. The van der Waals surface area contributed by atoms with Gasteiger partial charge >= 0.3 is 0 Å². The first kappa shape index (κ1) is 14.2. The van der Waals surface area contributed by atoms with Crippen LogP contribution in [0.1, 0.15) is 19.7 Å². The zero-order valence-electron chi connectivity index (χ0n) is 11.0. The standard InChI is InChI=1S/C12H21N3OS2/c1-9(2)6-15-12(13-8-14-15)5-10(16)11-7-17-3-4-18-11/h8-11,16H,3-7H2,1-2H3. The van der Waals surface area contributed by atoms with E-state index in [1.807, 2.05) is 28.2 Å². The molecule has 0 aromatic carbocycles. The van der Waals surface area contributed by atoms with E-state index in [1.165, 1.54) is 5.75 Å². The summed E-state index contributed by atoms with van der Waals surface area (Å²) in [6.07, 6.45) is 1.90.